The fourth-order valence-electron chi connectivity index (χ4n) is 2.14. The highest BCUT2D eigenvalue weighted by atomic mass is 32.1. The summed E-state index contributed by atoms with van der Waals surface area (Å²) in [4.78, 5) is 3.26. The first kappa shape index (κ1) is 11.4. The fraction of sp³-hybridized carbons (Fsp3) is 0.462. The summed E-state index contributed by atoms with van der Waals surface area (Å²) < 4.78 is 3.07. The molecule has 0 bridgehead atoms. The minimum absolute atomic E-state index is 0.476. The third-order valence-electron chi connectivity index (χ3n) is 3.04. The SMILES string of the molecule is CCCCC(C)n1c(=S)[nH]c2ccccc21. The molecule has 2 nitrogen and oxygen atoms in total. The Balaban J connectivity index is 2.43. The summed E-state index contributed by atoms with van der Waals surface area (Å²) in [5.41, 5.74) is 2.35. The summed E-state index contributed by atoms with van der Waals surface area (Å²) in [7, 11) is 0. The average molecular weight is 234 g/mol. The van der Waals surface area contributed by atoms with Crippen LogP contribution in [0.1, 0.15) is 39.2 Å². The standard InChI is InChI=1S/C13H18N2S/c1-3-4-7-10(2)15-12-9-6-5-8-11(12)14-13(15)16/h5-6,8-10H,3-4,7H2,1-2H3,(H,14,16). The molecule has 86 valence electrons. The van der Waals surface area contributed by atoms with E-state index in [-0.39, 0.29) is 0 Å². The second kappa shape index (κ2) is 4.83. The van der Waals surface area contributed by atoms with Crippen LogP contribution >= 0.6 is 12.2 Å². The van der Waals surface area contributed by atoms with Crippen LogP contribution in [0.15, 0.2) is 24.3 Å². The minimum Gasteiger partial charge on any atom is -0.331 e. The Labute approximate surface area is 101 Å². The lowest BCUT2D eigenvalue weighted by molar-refractivity contribution is 0.491. The Morgan fingerprint density at radius 3 is 2.88 bits per heavy atom. The van der Waals surface area contributed by atoms with Crippen LogP contribution in [0.4, 0.5) is 0 Å². The van der Waals surface area contributed by atoms with Gasteiger partial charge in [-0.1, -0.05) is 31.9 Å². The van der Waals surface area contributed by atoms with E-state index in [0.717, 1.165) is 10.3 Å². The number of benzene rings is 1. The number of rotatable bonds is 4. The van der Waals surface area contributed by atoms with E-state index in [0.29, 0.717) is 6.04 Å². The van der Waals surface area contributed by atoms with E-state index >= 15 is 0 Å². The minimum atomic E-state index is 0.476. The Bertz CT molecular complexity index is 524. The third-order valence-corrected chi connectivity index (χ3v) is 3.34. The first-order valence-electron chi connectivity index (χ1n) is 5.93. The van der Waals surface area contributed by atoms with Crippen LogP contribution in [0.25, 0.3) is 11.0 Å². The van der Waals surface area contributed by atoms with Gasteiger partial charge in [0.15, 0.2) is 4.77 Å². The van der Waals surface area contributed by atoms with Gasteiger partial charge in [-0.2, -0.15) is 0 Å². The quantitative estimate of drug-likeness (QED) is 0.775. The van der Waals surface area contributed by atoms with Gasteiger partial charge in [-0.25, -0.2) is 0 Å². The molecule has 1 unspecified atom stereocenters. The second-order valence-corrected chi connectivity index (χ2v) is 4.70. The number of unbranched alkanes of at least 4 members (excludes halogenated alkanes) is 1. The number of hydrogen-bond donors (Lipinski definition) is 1. The first-order valence-corrected chi connectivity index (χ1v) is 6.34. The van der Waals surface area contributed by atoms with Crippen molar-refractivity contribution < 1.29 is 0 Å². The van der Waals surface area contributed by atoms with Crippen molar-refractivity contribution in [2.75, 3.05) is 0 Å². The van der Waals surface area contributed by atoms with E-state index in [2.05, 4.69) is 41.6 Å². The Morgan fingerprint density at radius 1 is 1.38 bits per heavy atom. The zero-order chi connectivity index (χ0) is 11.5. The maximum atomic E-state index is 5.39. The van der Waals surface area contributed by atoms with E-state index in [1.807, 2.05) is 6.07 Å². The van der Waals surface area contributed by atoms with Gasteiger partial charge in [0.2, 0.25) is 0 Å². The highest BCUT2D eigenvalue weighted by Crippen LogP contribution is 2.22. The lowest BCUT2D eigenvalue weighted by atomic mass is 10.1. The van der Waals surface area contributed by atoms with Crippen molar-refractivity contribution in [1.29, 1.82) is 0 Å². The van der Waals surface area contributed by atoms with E-state index < -0.39 is 0 Å². The molecule has 1 aromatic carbocycles. The molecule has 0 aliphatic carbocycles. The number of aromatic amines is 1. The summed E-state index contributed by atoms with van der Waals surface area (Å²) in [6, 6.07) is 8.78. The van der Waals surface area contributed by atoms with Gasteiger partial charge in [-0.05, 0) is 37.7 Å². The maximum absolute atomic E-state index is 5.39. The van der Waals surface area contributed by atoms with Crippen molar-refractivity contribution in [2.45, 2.75) is 39.2 Å². The number of para-hydroxylation sites is 2. The second-order valence-electron chi connectivity index (χ2n) is 4.31. The number of hydrogen-bond acceptors (Lipinski definition) is 1. The molecule has 1 N–H and O–H groups in total. The van der Waals surface area contributed by atoms with Gasteiger partial charge in [0.25, 0.3) is 0 Å². The molecule has 0 fully saturated rings. The molecule has 2 rings (SSSR count). The van der Waals surface area contributed by atoms with Gasteiger partial charge < -0.3 is 9.55 Å². The van der Waals surface area contributed by atoms with Gasteiger partial charge in [0, 0.05) is 6.04 Å². The molecule has 3 heteroatoms. The molecule has 16 heavy (non-hydrogen) atoms. The summed E-state index contributed by atoms with van der Waals surface area (Å²) in [6.45, 7) is 4.47. The average Bonchev–Trinajstić information content (AvgIpc) is 2.62. The molecule has 0 amide bonds. The van der Waals surface area contributed by atoms with Crippen molar-refractivity contribution >= 4 is 23.3 Å². The fourth-order valence-corrected chi connectivity index (χ4v) is 2.53. The molecule has 0 aliphatic heterocycles. The molecule has 0 saturated carbocycles. The topological polar surface area (TPSA) is 20.7 Å². The van der Waals surface area contributed by atoms with Gasteiger partial charge >= 0.3 is 0 Å². The van der Waals surface area contributed by atoms with Crippen LogP contribution in [0.3, 0.4) is 0 Å². The van der Waals surface area contributed by atoms with Crippen LogP contribution in [-0.4, -0.2) is 9.55 Å². The Hall–Kier alpha value is -1.09. The van der Waals surface area contributed by atoms with Crippen LogP contribution in [0.5, 0.6) is 0 Å². The molecule has 2 aromatic rings. The molecule has 1 heterocycles. The zero-order valence-corrected chi connectivity index (χ0v) is 10.7. The lowest BCUT2D eigenvalue weighted by Gasteiger charge is -2.13. The van der Waals surface area contributed by atoms with Gasteiger partial charge in [0.05, 0.1) is 11.0 Å². The Kier molecular flexibility index (Phi) is 3.44. The van der Waals surface area contributed by atoms with Crippen molar-refractivity contribution in [1.82, 2.24) is 9.55 Å². The number of imidazole rings is 1. The van der Waals surface area contributed by atoms with Crippen molar-refractivity contribution in [2.24, 2.45) is 0 Å². The van der Waals surface area contributed by atoms with E-state index in [1.54, 1.807) is 0 Å². The zero-order valence-electron chi connectivity index (χ0n) is 9.86. The number of aromatic nitrogens is 2. The number of fused-ring (bicyclic) bond motifs is 1. The summed E-state index contributed by atoms with van der Waals surface area (Å²) in [5.74, 6) is 0. The third kappa shape index (κ3) is 2.05. The number of H-pyrrole nitrogens is 1. The lowest BCUT2D eigenvalue weighted by Crippen LogP contribution is -2.04. The van der Waals surface area contributed by atoms with Gasteiger partial charge in [-0.15, -0.1) is 0 Å². The molecular weight excluding hydrogens is 216 g/mol. The highest BCUT2D eigenvalue weighted by Gasteiger charge is 2.09. The largest absolute Gasteiger partial charge is 0.331 e. The summed E-state index contributed by atoms with van der Waals surface area (Å²) in [5, 5.41) is 0. The molecule has 0 aliphatic rings. The van der Waals surface area contributed by atoms with Crippen molar-refractivity contribution in [3.63, 3.8) is 0 Å². The van der Waals surface area contributed by atoms with Gasteiger partial charge in [-0.3, -0.25) is 0 Å². The van der Waals surface area contributed by atoms with Crippen LogP contribution < -0.4 is 0 Å². The predicted molar refractivity (Wildman–Crippen MR) is 71.4 cm³/mol. The Morgan fingerprint density at radius 2 is 2.12 bits per heavy atom. The first-order chi connectivity index (χ1) is 7.74. The van der Waals surface area contributed by atoms with E-state index in [9.17, 15) is 0 Å². The van der Waals surface area contributed by atoms with E-state index in [1.165, 1.54) is 24.8 Å². The van der Waals surface area contributed by atoms with Gasteiger partial charge in [0.1, 0.15) is 0 Å². The number of nitrogens with zero attached hydrogens (tertiary/aromatic N) is 1. The highest BCUT2D eigenvalue weighted by molar-refractivity contribution is 7.71. The maximum Gasteiger partial charge on any atom is 0.178 e. The van der Waals surface area contributed by atoms with Crippen molar-refractivity contribution in [3.05, 3.63) is 29.0 Å². The number of nitrogens with one attached hydrogen (secondary N) is 1. The summed E-state index contributed by atoms with van der Waals surface area (Å²) >= 11 is 5.39. The molecule has 0 saturated heterocycles. The van der Waals surface area contributed by atoms with Crippen LogP contribution in [0, 0.1) is 4.77 Å². The molecule has 1 aromatic heterocycles. The normalized spacial score (nSPS) is 13.1. The summed E-state index contributed by atoms with van der Waals surface area (Å²) in [6.07, 6.45) is 3.68. The van der Waals surface area contributed by atoms with Crippen LogP contribution in [-0.2, 0) is 0 Å². The van der Waals surface area contributed by atoms with Crippen LogP contribution in [0.2, 0.25) is 0 Å². The molecule has 0 radical (unpaired) electrons. The predicted octanol–water partition coefficient (Wildman–Crippen LogP) is 4.45. The molecule has 0 spiro atoms. The molecule has 1 atom stereocenters. The molecular formula is C13H18N2S. The monoisotopic (exact) mass is 234 g/mol. The van der Waals surface area contributed by atoms with Crippen molar-refractivity contribution in [3.8, 4) is 0 Å². The smallest absolute Gasteiger partial charge is 0.178 e. The van der Waals surface area contributed by atoms with E-state index in [4.69, 9.17) is 12.2 Å².